The average molecular weight is 278 g/mol. The van der Waals surface area contributed by atoms with Gasteiger partial charge in [0, 0.05) is 12.0 Å². The largest absolute Gasteiger partial charge is 0.388 e. The van der Waals surface area contributed by atoms with Crippen molar-refractivity contribution in [1.29, 1.82) is 5.26 Å². The van der Waals surface area contributed by atoms with Crippen LogP contribution in [0.5, 0.6) is 5.75 Å². The lowest BCUT2D eigenvalue weighted by molar-refractivity contribution is 0.0993. The van der Waals surface area contributed by atoms with Crippen molar-refractivity contribution in [3.05, 3.63) is 59.7 Å². The molecule has 0 aliphatic rings. The van der Waals surface area contributed by atoms with Crippen LogP contribution in [0.2, 0.25) is 0 Å². The molecule has 0 bridgehead atoms. The van der Waals surface area contributed by atoms with Gasteiger partial charge in [-0.05, 0) is 42.0 Å². The number of aliphatic imine (C=N–C) groups is 1. The molecule has 0 saturated carbocycles. The first-order valence-electron chi connectivity index (χ1n) is 6.09. The Bertz CT molecular complexity index is 722. The third-order valence-corrected chi connectivity index (χ3v) is 2.82. The zero-order valence-electron chi connectivity index (χ0n) is 10.9. The minimum atomic E-state index is -0.0508. The highest BCUT2D eigenvalue weighted by Crippen LogP contribution is 2.16. The molecule has 5 nitrogen and oxygen atoms in total. The number of ketones is 1. The van der Waals surface area contributed by atoms with Gasteiger partial charge in [-0.2, -0.15) is 4.99 Å². The number of hydrogen-bond acceptors (Lipinski definition) is 5. The zero-order chi connectivity index (χ0) is 15.1. The zero-order valence-corrected chi connectivity index (χ0v) is 10.9. The topological polar surface area (TPSA) is 79.5 Å². The lowest BCUT2D eigenvalue weighted by atomic mass is 10.0. The molecule has 102 valence electrons. The molecule has 2 aromatic carbocycles. The number of hydrogen-bond donors (Lipinski definition) is 0. The average Bonchev–Trinajstić information content (AvgIpc) is 2.50. The summed E-state index contributed by atoms with van der Waals surface area (Å²) in [5, 5.41) is 8.38. The smallest absolute Gasteiger partial charge is 0.292 e. The summed E-state index contributed by atoms with van der Waals surface area (Å²) in [6, 6.07) is 13.1. The monoisotopic (exact) mass is 278 g/mol. The van der Waals surface area contributed by atoms with Crippen molar-refractivity contribution in [2.75, 3.05) is 0 Å². The second kappa shape index (κ2) is 6.80. The van der Waals surface area contributed by atoms with Crippen LogP contribution in [0, 0.1) is 11.5 Å². The minimum Gasteiger partial charge on any atom is -0.388 e. The second-order valence-corrected chi connectivity index (χ2v) is 4.19. The van der Waals surface area contributed by atoms with Crippen LogP contribution >= 0.6 is 0 Å². The summed E-state index contributed by atoms with van der Waals surface area (Å²) in [6.45, 7) is 0. The van der Waals surface area contributed by atoms with Gasteiger partial charge in [-0.25, -0.2) is 4.79 Å². The van der Waals surface area contributed by atoms with Crippen molar-refractivity contribution in [3.8, 4) is 12.0 Å². The summed E-state index contributed by atoms with van der Waals surface area (Å²) in [4.78, 5) is 25.7. The SMILES string of the molecule is N#COc1ccc(C(=O)Cc2ccc(N=C=O)cc2)cc1. The molecule has 0 aliphatic carbocycles. The number of isocyanates is 1. The number of nitriles is 1. The van der Waals surface area contributed by atoms with Gasteiger partial charge in [-0.3, -0.25) is 4.79 Å². The molecule has 0 aliphatic heterocycles. The van der Waals surface area contributed by atoms with Gasteiger partial charge in [0.1, 0.15) is 5.75 Å². The number of Topliss-reactive ketones (excluding diaryl/α,β-unsaturated/α-hetero) is 1. The Morgan fingerprint density at radius 1 is 1.10 bits per heavy atom. The molecule has 0 N–H and O–H groups in total. The van der Waals surface area contributed by atoms with Crippen molar-refractivity contribution >= 4 is 17.6 Å². The molecule has 2 rings (SSSR count). The lowest BCUT2D eigenvalue weighted by Gasteiger charge is -2.03. The highest BCUT2D eigenvalue weighted by Gasteiger charge is 2.07. The van der Waals surface area contributed by atoms with Crippen LogP contribution in [-0.4, -0.2) is 11.9 Å². The Morgan fingerprint density at radius 2 is 1.76 bits per heavy atom. The molecule has 0 heterocycles. The first kappa shape index (κ1) is 14.2. The molecule has 21 heavy (non-hydrogen) atoms. The summed E-state index contributed by atoms with van der Waals surface area (Å²) in [6.07, 6.45) is 3.27. The molecular weight excluding hydrogens is 268 g/mol. The van der Waals surface area contributed by atoms with Crippen LogP contribution in [0.25, 0.3) is 0 Å². The lowest BCUT2D eigenvalue weighted by Crippen LogP contribution is -2.03. The van der Waals surface area contributed by atoms with Gasteiger partial charge in [0.15, 0.2) is 5.78 Å². The fourth-order valence-corrected chi connectivity index (χ4v) is 1.79. The van der Waals surface area contributed by atoms with Gasteiger partial charge in [-0.1, -0.05) is 12.1 Å². The Morgan fingerprint density at radius 3 is 2.33 bits per heavy atom. The van der Waals surface area contributed by atoms with E-state index in [1.54, 1.807) is 54.8 Å². The maximum absolute atomic E-state index is 12.1. The Balaban J connectivity index is 2.06. The molecule has 0 spiro atoms. The van der Waals surface area contributed by atoms with Gasteiger partial charge in [0.2, 0.25) is 6.08 Å². The van der Waals surface area contributed by atoms with Crippen LogP contribution in [0.15, 0.2) is 53.5 Å². The highest BCUT2D eigenvalue weighted by molar-refractivity contribution is 5.97. The Hall–Kier alpha value is -3.22. The molecular formula is C16H10N2O3. The van der Waals surface area contributed by atoms with Gasteiger partial charge in [0.05, 0.1) is 5.69 Å². The van der Waals surface area contributed by atoms with Crippen LogP contribution in [0.1, 0.15) is 15.9 Å². The van der Waals surface area contributed by atoms with E-state index in [2.05, 4.69) is 9.73 Å². The summed E-state index contributed by atoms with van der Waals surface area (Å²) in [5.74, 6) is 0.343. The number of carbonyl (C=O) groups excluding carboxylic acids is 2. The first-order chi connectivity index (χ1) is 10.2. The van der Waals surface area contributed by atoms with Crippen molar-refractivity contribution in [2.24, 2.45) is 4.99 Å². The van der Waals surface area contributed by atoms with Gasteiger partial charge in [0.25, 0.3) is 6.26 Å². The van der Waals surface area contributed by atoms with Crippen molar-refractivity contribution in [2.45, 2.75) is 6.42 Å². The maximum atomic E-state index is 12.1. The van der Waals surface area contributed by atoms with Crippen LogP contribution in [-0.2, 0) is 11.2 Å². The Kier molecular flexibility index (Phi) is 4.60. The quantitative estimate of drug-likeness (QED) is 0.364. The van der Waals surface area contributed by atoms with Crippen LogP contribution in [0.3, 0.4) is 0 Å². The molecule has 2 aromatic rings. The fourth-order valence-electron chi connectivity index (χ4n) is 1.79. The predicted molar refractivity (Wildman–Crippen MR) is 74.9 cm³/mol. The van der Waals surface area contributed by atoms with Gasteiger partial charge >= 0.3 is 0 Å². The van der Waals surface area contributed by atoms with Gasteiger partial charge in [-0.15, -0.1) is 5.26 Å². The summed E-state index contributed by atoms with van der Waals surface area (Å²) in [5.41, 5.74) is 1.86. The fraction of sp³-hybridized carbons (Fsp3) is 0.0625. The van der Waals surface area contributed by atoms with E-state index in [0.717, 1.165) is 5.56 Å². The van der Waals surface area contributed by atoms with E-state index >= 15 is 0 Å². The van der Waals surface area contributed by atoms with E-state index < -0.39 is 0 Å². The number of rotatable bonds is 5. The Labute approximate surface area is 121 Å². The predicted octanol–water partition coefficient (Wildman–Crippen LogP) is 2.94. The molecule has 5 heteroatoms. The normalized spacial score (nSPS) is 9.29. The maximum Gasteiger partial charge on any atom is 0.292 e. The van der Waals surface area contributed by atoms with Crippen LogP contribution in [0.4, 0.5) is 5.69 Å². The third kappa shape index (κ3) is 3.87. The molecule has 0 unspecified atom stereocenters. The third-order valence-electron chi connectivity index (χ3n) is 2.82. The highest BCUT2D eigenvalue weighted by atomic mass is 16.5. The van der Waals surface area contributed by atoms with Gasteiger partial charge < -0.3 is 4.74 Å². The summed E-state index contributed by atoms with van der Waals surface area (Å²) >= 11 is 0. The van der Waals surface area contributed by atoms with E-state index in [0.29, 0.717) is 17.0 Å². The van der Waals surface area contributed by atoms with E-state index in [4.69, 9.17) is 5.26 Å². The molecule has 0 fully saturated rings. The first-order valence-corrected chi connectivity index (χ1v) is 6.09. The molecule has 0 atom stereocenters. The number of benzene rings is 2. The summed E-state index contributed by atoms with van der Waals surface area (Å²) in [7, 11) is 0. The second-order valence-electron chi connectivity index (χ2n) is 4.19. The standard InChI is InChI=1S/C16H10N2O3/c17-10-21-15-7-3-13(4-8-15)16(20)9-12-1-5-14(6-2-12)18-11-19/h1-8H,9H2. The molecule has 0 radical (unpaired) electrons. The van der Waals surface area contributed by atoms with E-state index in [1.807, 2.05) is 0 Å². The van der Waals surface area contributed by atoms with Crippen LogP contribution < -0.4 is 4.74 Å². The number of carbonyl (C=O) groups is 1. The molecule has 0 aromatic heterocycles. The summed E-state index contributed by atoms with van der Waals surface area (Å²) < 4.78 is 4.65. The number of ether oxygens (including phenoxy) is 1. The minimum absolute atomic E-state index is 0.0508. The van der Waals surface area contributed by atoms with E-state index in [1.165, 1.54) is 6.08 Å². The number of nitrogens with zero attached hydrogens (tertiary/aromatic N) is 2. The van der Waals surface area contributed by atoms with E-state index in [9.17, 15) is 9.59 Å². The van der Waals surface area contributed by atoms with Crippen molar-refractivity contribution < 1.29 is 14.3 Å². The van der Waals surface area contributed by atoms with Crippen molar-refractivity contribution in [1.82, 2.24) is 0 Å². The van der Waals surface area contributed by atoms with Crippen molar-refractivity contribution in [3.63, 3.8) is 0 Å². The molecule has 0 saturated heterocycles. The van der Waals surface area contributed by atoms with E-state index in [-0.39, 0.29) is 12.2 Å². The molecule has 0 amide bonds.